The standard InChI is InChI=1S/C15H9F5N2O2/c16-11-5-9(12-7-14(23,24-22-12)15(18,19)20)1-2-10(11)8-3-4-21-13(17)6-8/h1-6,23H,7H2. The summed E-state index contributed by atoms with van der Waals surface area (Å²) in [6.45, 7) is 0. The Bertz CT molecular complexity index is 822. The minimum absolute atomic E-state index is 0.0194. The van der Waals surface area contributed by atoms with E-state index in [1.807, 2.05) is 0 Å². The van der Waals surface area contributed by atoms with E-state index in [4.69, 9.17) is 0 Å². The van der Waals surface area contributed by atoms with Crippen LogP contribution in [0.4, 0.5) is 22.0 Å². The SMILES string of the molecule is OC1(C(F)(F)F)CC(c2ccc(-c3ccnc(F)c3)c(F)c2)=NO1. The van der Waals surface area contributed by atoms with Gasteiger partial charge in [0.1, 0.15) is 5.82 Å². The molecule has 126 valence electrons. The van der Waals surface area contributed by atoms with Crippen LogP contribution in [-0.2, 0) is 4.84 Å². The minimum atomic E-state index is -5.04. The highest BCUT2D eigenvalue weighted by Crippen LogP contribution is 2.39. The van der Waals surface area contributed by atoms with Crippen LogP contribution in [0.5, 0.6) is 0 Å². The number of hydrogen-bond acceptors (Lipinski definition) is 4. The van der Waals surface area contributed by atoms with Crippen LogP contribution in [-0.4, -0.2) is 27.8 Å². The summed E-state index contributed by atoms with van der Waals surface area (Å²) in [5.74, 6) is -5.01. The highest BCUT2D eigenvalue weighted by molar-refractivity contribution is 6.01. The number of oxime groups is 1. The lowest BCUT2D eigenvalue weighted by Crippen LogP contribution is -2.45. The molecule has 0 bridgehead atoms. The van der Waals surface area contributed by atoms with E-state index < -0.39 is 30.1 Å². The second kappa shape index (κ2) is 5.52. The number of benzene rings is 1. The third-order valence-electron chi connectivity index (χ3n) is 3.50. The molecule has 1 aromatic carbocycles. The maximum absolute atomic E-state index is 14.2. The molecule has 1 aromatic heterocycles. The maximum Gasteiger partial charge on any atom is 0.458 e. The number of aliphatic hydroxyl groups is 1. The smallest absolute Gasteiger partial charge is 0.350 e. The molecule has 1 unspecified atom stereocenters. The molecule has 2 aromatic rings. The fraction of sp³-hybridized carbons (Fsp3) is 0.200. The Kier molecular flexibility index (Phi) is 3.75. The van der Waals surface area contributed by atoms with Crippen molar-refractivity contribution in [3.63, 3.8) is 0 Å². The molecule has 0 saturated heterocycles. The maximum atomic E-state index is 14.2. The summed E-state index contributed by atoms with van der Waals surface area (Å²) in [7, 11) is 0. The lowest BCUT2D eigenvalue weighted by molar-refractivity contribution is -0.355. The Morgan fingerprint density at radius 1 is 1.08 bits per heavy atom. The van der Waals surface area contributed by atoms with Gasteiger partial charge in [-0.1, -0.05) is 17.3 Å². The van der Waals surface area contributed by atoms with Crippen molar-refractivity contribution in [3.8, 4) is 11.1 Å². The van der Waals surface area contributed by atoms with E-state index in [1.165, 1.54) is 18.2 Å². The van der Waals surface area contributed by atoms with Crippen molar-refractivity contribution in [2.45, 2.75) is 18.4 Å². The monoisotopic (exact) mass is 344 g/mol. The Hall–Kier alpha value is -2.55. The molecule has 1 atom stereocenters. The molecule has 0 saturated carbocycles. The topological polar surface area (TPSA) is 54.7 Å². The Morgan fingerprint density at radius 2 is 1.83 bits per heavy atom. The summed E-state index contributed by atoms with van der Waals surface area (Å²) in [6, 6.07) is 5.93. The Balaban J connectivity index is 1.89. The highest BCUT2D eigenvalue weighted by atomic mass is 19.4. The van der Waals surface area contributed by atoms with Gasteiger partial charge in [0.2, 0.25) is 5.95 Å². The summed E-state index contributed by atoms with van der Waals surface area (Å²) in [5.41, 5.74) is 0.0424. The fourth-order valence-electron chi connectivity index (χ4n) is 2.23. The first-order valence-corrected chi connectivity index (χ1v) is 6.66. The Labute approximate surface area is 132 Å². The van der Waals surface area contributed by atoms with Gasteiger partial charge in [-0.05, 0) is 17.7 Å². The van der Waals surface area contributed by atoms with Gasteiger partial charge in [-0.25, -0.2) is 9.37 Å². The summed E-state index contributed by atoms with van der Waals surface area (Å²) < 4.78 is 65.3. The van der Waals surface area contributed by atoms with Crippen molar-refractivity contribution >= 4 is 5.71 Å². The minimum Gasteiger partial charge on any atom is -0.350 e. The van der Waals surface area contributed by atoms with Crippen molar-refractivity contribution in [3.05, 3.63) is 53.9 Å². The van der Waals surface area contributed by atoms with Gasteiger partial charge in [-0.2, -0.15) is 17.6 Å². The number of nitrogens with zero attached hydrogens (tertiary/aromatic N) is 2. The number of hydrogen-bond donors (Lipinski definition) is 1. The molecular weight excluding hydrogens is 335 g/mol. The van der Waals surface area contributed by atoms with Crippen molar-refractivity contribution < 1.29 is 31.9 Å². The molecule has 0 radical (unpaired) electrons. The number of aromatic nitrogens is 1. The van der Waals surface area contributed by atoms with Gasteiger partial charge >= 0.3 is 12.0 Å². The van der Waals surface area contributed by atoms with Crippen molar-refractivity contribution in [1.29, 1.82) is 0 Å². The van der Waals surface area contributed by atoms with Gasteiger partial charge in [-0.3, -0.25) is 0 Å². The molecular formula is C15H9F5N2O2. The molecule has 1 N–H and O–H groups in total. The first kappa shape index (κ1) is 16.3. The molecule has 3 rings (SSSR count). The number of halogens is 5. The second-order valence-electron chi connectivity index (χ2n) is 5.15. The van der Waals surface area contributed by atoms with Gasteiger partial charge in [0, 0.05) is 23.4 Å². The van der Waals surface area contributed by atoms with Gasteiger partial charge in [-0.15, -0.1) is 0 Å². The normalized spacial score (nSPS) is 20.7. The first-order chi connectivity index (χ1) is 11.2. The third kappa shape index (κ3) is 2.82. The van der Waals surface area contributed by atoms with E-state index in [9.17, 15) is 27.1 Å². The molecule has 0 aliphatic carbocycles. The zero-order valence-electron chi connectivity index (χ0n) is 11.8. The predicted molar refractivity (Wildman–Crippen MR) is 72.8 cm³/mol. The predicted octanol–water partition coefficient (Wildman–Crippen LogP) is 3.40. The molecule has 1 aliphatic rings. The van der Waals surface area contributed by atoms with Crippen LogP contribution in [0, 0.1) is 11.8 Å². The molecule has 0 amide bonds. The Morgan fingerprint density at radius 3 is 2.42 bits per heavy atom. The zero-order chi connectivity index (χ0) is 17.5. The lowest BCUT2D eigenvalue weighted by atomic mass is 9.99. The van der Waals surface area contributed by atoms with E-state index in [0.29, 0.717) is 0 Å². The van der Waals surface area contributed by atoms with Crippen LogP contribution in [0.3, 0.4) is 0 Å². The van der Waals surface area contributed by atoms with Crippen LogP contribution >= 0.6 is 0 Å². The summed E-state index contributed by atoms with van der Waals surface area (Å²) >= 11 is 0. The van der Waals surface area contributed by atoms with Gasteiger partial charge < -0.3 is 9.94 Å². The van der Waals surface area contributed by atoms with E-state index in [2.05, 4.69) is 15.0 Å². The molecule has 24 heavy (non-hydrogen) atoms. The largest absolute Gasteiger partial charge is 0.458 e. The summed E-state index contributed by atoms with van der Waals surface area (Å²) in [5, 5.41) is 12.6. The fourth-order valence-corrected chi connectivity index (χ4v) is 2.23. The second-order valence-corrected chi connectivity index (χ2v) is 5.15. The summed E-state index contributed by atoms with van der Waals surface area (Å²) in [4.78, 5) is 7.44. The van der Waals surface area contributed by atoms with Crippen LogP contribution < -0.4 is 0 Å². The van der Waals surface area contributed by atoms with Crippen molar-refractivity contribution in [1.82, 2.24) is 4.98 Å². The molecule has 0 fully saturated rings. The van der Waals surface area contributed by atoms with Gasteiger partial charge in [0.15, 0.2) is 0 Å². The van der Waals surface area contributed by atoms with E-state index in [1.54, 1.807) is 0 Å². The van der Waals surface area contributed by atoms with Crippen molar-refractivity contribution in [2.24, 2.45) is 5.16 Å². The summed E-state index contributed by atoms with van der Waals surface area (Å²) in [6.07, 6.45) is -4.83. The van der Waals surface area contributed by atoms with Crippen LogP contribution in [0.15, 0.2) is 41.7 Å². The van der Waals surface area contributed by atoms with Gasteiger partial charge in [0.25, 0.3) is 0 Å². The number of rotatable bonds is 2. The number of pyridine rings is 1. The quantitative estimate of drug-likeness (QED) is 0.671. The average Bonchev–Trinajstić information content (AvgIpc) is 2.91. The van der Waals surface area contributed by atoms with Crippen LogP contribution in [0.1, 0.15) is 12.0 Å². The molecule has 2 heterocycles. The van der Waals surface area contributed by atoms with E-state index in [-0.39, 0.29) is 22.4 Å². The zero-order valence-corrected chi connectivity index (χ0v) is 11.8. The molecule has 9 heteroatoms. The first-order valence-electron chi connectivity index (χ1n) is 6.66. The van der Waals surface area contributed by atoms with Crippen LogP contribution in [0.2, 0.25) is 0 Å². The van der Waals surface area contributed by atoms with Gasteiger partial charge in [0.05, 0.1) is 12.1 Å². The van der Waals surface area contributed by atoms with Crippen LogP contribution in [0.25, 0.3) is 11.1 Å². The van der Waals surface area contributed by atoms with E-state index in [0.717, 1.165) is 18.3 Å². The molecule has 4 nitrogen and oxygen atoms in total. The van der Waals surface area contributed by atoms with Crippen molar-refractivity contribution in [2.75, 3.05) is 0 Å². The average molecular weight is 344 g/mol. The molecule has 0 spiro atoms. The highest BCUT2D eigenvalue weighted by Gasteiger charge is 2.60. The lowest BCUT2D eigenvalue weighted by Gasteiger charge is -2.22. The third-order valence-corrected chi connectivity index (χ3v) is 3.50. The molecule has 1 aliphatic heterocycles. The number of alkyl halides is 3. The van der Waals surface area contributed by atoms with E-state index >= 15 is 0 Å².